The third kappa shape index (κ3) is 4.11. The lowest BCUT2D eigenvalue weighted by molar-refractivity contribution is 0.0827. The van der Waals surface area contributed by atoms with Crippen LogP contribution in [-0.2, 0) is 5.75 Å². The van der Waals surface area contributed by atoms with Gasteiger partial charge in [-0.2, -0.15) is 0 Å². The number of amides is 1. The van der Waals surface area contributed by atoms with E-state index in [0.717, 1.165) is 11.3 Å². The maximum atomic E-state index is 11.8. The Bertz CT molecular complexity index is 632. The fourth-order valence-corrected chi connectivity index (χ4v) is 3.11. The van der Waals surface area contributed by atoms with Gasteiger partial charge in [-0.15, -0.1) is 11.8 Å². The Hall–Kier alpha value is -1.74. The van der Waals surface area contributed by atoms with Crippen molar-refractivity contribution in [1.82, 2.24) is 4.90 Å². The number of hydrogen-bond donors (Lipinski definition) is 0. The van der Waals surface area contributed by atoms with E-state index in [0.29, 0.717) is 0 Å². The van der Waals surface area contributed by atoms with Gasteiger partial charge in [-0.05, 0) is 43.2 Å². The lowest BCUT2D eigenvalue weighted by Gasteiger charge is -2.11. The average molecular weight is 299 g/mol. The zero-order valence-corrected chi connectivity index (χ0v) is 13.8. The molecule has 21 heavy (non-hydrogen) atoms. The SMILES string of the molecule is Cc1ccc(C)c(SCc2ccc(C(=O)N(C)C)cc2)c1. The minimum atomic E-state index is 0.0451. The minimum absolute atomic E-state index is 0.0451. The summed E-state index contributed by atoms with van der Waals surface area (Å²) >= 11 is 1.84. The van der Waals surface area contributed by atoms with Gasteiger partial charge in [0.1, 0.15) is 0 Å². The third-order valence-corrected chi connectivity index (χ3v) is 4.57. The topological polar surface area (TPSA) is 20.3 Å². The summed E-state index contributed by atoms with van der Waals surface area (Å²) in [6.45, 7) is 4.26. The minimum Gasteiger partial charge on any atom is -0.345 e. The average Bonchev–Trinajstić information content (AvgIpc) is 2.48. The second-order valence-electron chi connectivity index (χ2n) is 5.45. The zero-order valence-electron chi connectivity index (χ0n) is 13.0. The van der Waals surface area contributed by atoms with Crippen molar-refractivity contribution in [1.29, 1.82) is 0 Å². The van der Waals surface area contributed by atoms with E-state index in [-0.39, 0.29) is 5.91 Å². The highest BCUT2D eigenvalue weighted by Crippen LogP contribution is 2.27. The van der Waals surface area contributed by atoms with E-state index < -0.39 is 0 Å². The maximum absolute atomic E-state index is 11.8. The van der Waals surface area contributed by atoms with E-state index in [1.54, 1.807) is 19.0 Å². The number of rotatable bonds is 4. The van der Waals surface area contributed by atoms with Crippen LogP contribution < -0.4 is 0 Å². The van der Waals surface area contributed by atoms with Crippen LogP contribution in [0, 0.1) is 13.8 Å². The van der Waals surface area contributed by atoms with E-state index in [4.69, 9.17) is 0 Å². The van der Waals surface area contributed by atoms with Crippen molar-refractivity contribution in [2.75, 3.05) is 14.1 Å². The molecule has 0 aliphatic heterocycles. The fraction of sp³-hybridized carbons (Fsp3) is 0.278. The standard InChI is InChI=1S/C18H21NOS/c1-13-5-6-14(2)17(11-13)21-12-15-7-9-16(10-8-15)18(20)19(3)4/h5-11H,12H2,1-4H3. The summed E-state index contributed by atoms with van der Waals surface area (Å²) in [4.78, 5) is 14.8. The Morgan fingerprint density at radius 3 is 2.33 bits per heavy atom. The molecule has 0 unspecified atom stereocenters. The number of nitrogens with zero attached hydrogens (tertiary/aromatic N) is 1. The van der Waals surface area contributed by atoms with Crippen molar-refractivity contribution >= 4 is 17.7 Å². The van der Waals surface area contributed by atoms with Crippen molar-refractivity contribution in [3.05, 3.63) is 64.7 Å². The summed E-state index contributed by atoms with van der Waals surface area (Å²) in [6, 6.07) is 14.4. The molecule has 0 aliphatic rings. The van der Waals surface area contributed by atoms with Gasteiger partial charge in [-0.25, -0.2) is 0 Å². The molecule has 0 spiro atoms. The van der Waals surface area contributed by atoms with E-state index in [2.05, 4.69) is 32.0 Å². The van der Waals surface area contributed by atoms with Crippen molar-refractivity contribution in [2.24, 2.45) is 0 Å². The molecule has 0 aliphatic carbocycles. The second kappa shape index (κ2) is 6.81. The van der Waals surface area contributed by atoms with Crippen molar-refractivity contribution < 1.29 is 4.79 Å². The Kier molecular flexibility index (Phi) is 5.07. The quantitative estimate of drug-likeness (QED) is 0.785. The van der Waals surface area contributed by atoms with Crippen LogP contribution in [0.4, 0.5) is 0 Å². The predicted molar refractivity (Wildman–Crippen MR) is 89.9 cm³/mol. The van der Waals surface area contributed by atoms with Gasteiger partial charge in [0.25, 0.3) is 5.91 Å². The predicted octanol–water partition coefficient (Wildman–Crippen LogP) is 4.30. The first kappa shape index (κ1) is 15.6. The van der Waals surface area contributed by atoms with Crippen LogP contribution in [0.3, 0.4) is 0 Å². The molecule has 0 saturated carbocycles. The Morgan fingerprint density at radius 2 is 1.71 bits per heavy atom. The first-order chi connectivity index (χ1) is 9.97. The Labute approximate surface area is 131 Å². The molecule has 0 saturated heterocycles. The second-order valence-corrected chi connectivity index (χ2v) is 6.47. The largest absolute Gasteiger partial charge is 0.345 e. The molecule has 0 N–H and O–H groups in total. The van der Waals surface area contributed by atoms with E-state index in [1.807, 2.05) is 36.0 Å². The van der Waals surface area contributed by atoms with Crippen molar-refractivity contribution in [3.63, 3.8) is 0 Å². The Morgan fingerprint density at radius 1 is 1.05 bits per heavy atom. The number of thioether (sulfide) groups is 1. The molecule has 0 fully saturated rings. The van der Waals surface area contributed by atoms with Crippen LogP contribution in [0.15, 0.2) is 47.4 Å². The van der Waals surface area contributed by atoms with Crippen LogP contribution in [-0.4, -0.2) is 24.9 Å². The normalized spacial score (nSPS) is 10.5. The molecule has 3 heteroatoms. The van der Waals surface area contributed by atoms with Gasteiger partial charge in [0.05, 0.1) is 0 Å². The van der Waals surface area contributed by atoms with Gasteiger partial charge in [0, 0.05) is 30.3 Å². The van der Waals surface area contributed by atoms with Crippen LogP contribution in [0.5, 0.6) is 0 Å². The van der Waals surface area contributed by atoms with Crippen LogP contribution in [0.1, 0.15) is 27.0 Å². The number of carbonyl (C=O) groups excluding carboxylic acids is 1. The number of carbonyl (C=O) groups is 1. The maximum Gasteiger partial charge on any atom is 0.253 e. The molecule has 2 aromatic carbocycles. The van der Waals surface area contributed by atoms with Gasteiger partial charge in [0.2, 0.25) is 0 Å². The summed E-state index contributed by atoms with van der Waals surface area (Å²) in [5.74, 6) is 0.963. The lowest BCUT2D eigenvalue weighted by Crippen LogP contribution is -2.21. The molecule has 2 rings (SSSR count). The summed E-state index contributed by atoms with van der Waals surface area (Å²) in [5, 5.41) is 0. The fourth-order valence-electron chi connectivity index (χ4n) is 2.03. The summed E-state index contributed by atoms with van der Waals surface area (Å²) in [5.41, 5.74) is 4.57. The van der Waals surface area contributed by atoms with Crippen LogP contribution >= 0.6 is 11.8 Å². The summed E-state index contributed by atoms with van der Waals surface area (Å²) < 4.78 is 0. The third-order valence-electron chi connectivity index (χ3n) is 3.35. The lowest BCUT2D eigenvalue weighted by atomic mass is 10.1. The molecule has 0 bridgehead atoms. The van der Waals surface area contributed by atoms with Crippen molar-refractivity contribution in [2.45, 2.75) is 24.5 Å². The molecular weight excluding hydrogens is 278 g/mol. The summed E-state index contributed by atoms with van der Waals surface area (Å²) in [6.07, 6.45) is 0. The molecule has 0 atom stereocenters. The number of benzene rings is 2. The van der Waals surface area contributed by atoms with Gasteiger partial charge in [-0.3, -0.25) is 4.79 Å². The van der Waals surface area contributed by atoms with Gasteiger partial charge in [0.15, 0.2) is 0 Å². The smallest absolute Gasteiger partial charge is 0.253 e. The first-order valence-corrected chi connectivity index (χ1v) is 7.96. The molecule has 2 nitrogen and oxygen atoms in total. The molecule has 0 aromatic heterocycles. The van der Waals surface area contributed by atoms with Gasteiger partial charge in [-0.1, -0.05) is 29.8 Å². The van der Waals surface area contributed by atoms with E-state index >= 15 is 0 Å². The molecule has 0 heterocycles. The highest BCUT2D eigenvalue weighted by atomic mass is 32.2. The number of aryl methyl sites for hydroxylation is 2. The summed E-state index contributed by atoms with van der Waals surface area (Å²) in [7, 11) is 3.54. The molecular formula is C18H21NOS. The monoisotopic (exact) mass is 299 g/mol. The van der Waals surface area contributed by atoms with Gasteiger partial charge >= 0.3 is 0 Å². The van der Waals surface area contributed by atoms with E-state index in [9.17, 15) is 4.79 Å². The Balaban J connectivity index is 2.04. The van der Waals surface area contributed by atoms with Gasteiger partial charge < -0.3 is 4.90 Å². The number of hydrogen-bond acceptors (Lipinski definition) is 2. The molecule has 2 aromatic rings. The highest BCUT2D eigenvalue weighted by molar-refractivity contribution is 7.98. The van der Waals surface area contributed by atoms with E-state index in [1.165, 1.54) is 21.6 Å². The first-order valence-electron chi connectivity index (χ1n) is 6.98. The highest BCUT2D eigenvalue weighted by Gasteiger charge is 2.07. The molecule has 1 amide bonds. The van der Waals surface area contributed by atoms with Crippen LogP contribution in [0.25, 0.3) is 0 Å². The molecule has 110 valence electrons. The zero-order chi connectivity index (χ0) is 15.4. The van der Waals surface area contributed by atoms with Crippen molar-refractivity contribution in [3.8, 4) is 0 Å². The van der Waals surface area contributed by atoms with Crippen LogP contribution in [0.2, 0.25) is 0 Å². The molecule has 0 radical (unpaired) electrons.